The summed E-state index contributed by atoms with van der Waals surface area (Å²) in [7, 11) is 1.23. The SMILES string of the molecule is COC(=O)C1=C(C)NC(C)=C(C(=O)O)C1c1ccc(F)cc1. The third-order valence-corrected chi connectivity index (χ3v) is 3.60. The Bertz CT molecular complexity index is 689. The minimum absolute atomic E-state index is 0.0395. The Morgan fingerprint density at radius 2 is 1.68 bits per heavy atom. The number of halogens is 1. The smallest absolute Gasteiger partial charge is 0.336 e. The lowest BCUT2D eigenvalue weighted by Crippen LogP contribution is -2.31. The van der Waals surface area contributed by atoms with Crippen LogP contribution in [0, 0.1) is 5.82 Å². The second-order valence-electron chi connectivity index (χ2n) is 4.98. The van der Waals surface area contributed by atoms with Crippen molar-refractivity contribution in [2.75, 3.05) is 7.11 Å². The first-order chi connectivity index (χ1) is 10.4. The van der Waals surface area contributed by atoms with Gasteiger partial charge in [0.25, 0.3) is 0 Å². The predicted octanol–water partition coefficient (Wildman–Crippen LogP) is 2.32. The zero-order valence-electron chi connectivity index (χ0n) is 12.4. The predicted molar refractivity (Wildman–Crippen MR) is 77.3 cm³/mol. The van der Waals surface area contributed by atoms with Crippen molar-refractivity contribution in [1.29, 1.82) is 0 Å². The highest BCUT2D eigenvalue weighted by molar-refractivity contribution is 5.99. The number of carboxylic acid groups (broad SMARTS) is 1. The maximum absolute atomic E-state index is 13.1. The minimum atomic E-state index is -1.15. The first-order valence-electron chi connectivity index (χ1n) is 6.62. The number of esters is 1. The quantitative estimate of drug-likeness (QED) is 0.838. The molecule has 0 bridgehead atoms. The van der Waals surface area contributed by atoms with Gasteiger partial charge in [-0.25, -0.2) is 14.0 Å². The number of carbonyl (C=O) groups is 2. The van der Waals surface area contributed by atoms with Crippen molar-refractivity contribution in [3.8, 4) is 0 Å². The largest absolute Gasteiger partial charge is 0.478 e. The monoisotopic (exact) mass is 305 g/mol. The van der Waals surface area contributed by atoms with Crippen molar-refractivity contribution >= 4 is 11.9 Å². The number of rotatable bonds is 3. The van der Waals surface area contributed by atoms with Gasteiger partial charge in [0.2, 0.25) is 0 Å². The van der Waals surface area contributed by atoms with Crippen LogP contribution in [0.15, 0.2) is 46.8 Å². The molecule has 116 valence electrons. The van der Waals surface area contributed by atoms with Crippen LogP contribution in [0.1, 0.15) is 25.3 Å². The van der Waals surface area contributed by atoms with Crippen LogP contribution < -0.4 is 5.32 Å². The Morgan fingerprint density at radius 3 is 2.18 bits per heavy atom. The second-order valence-corrected chi connectivity index (χ2v) is 4.98. The summed E-state index contributed by atoms with van der Waals surface area (Å²) in [6.07, 6.45) is 0. The lowest BCUT2D eigenvalue weighted by molar-refractivity contribution is -0.136. The molecule has 2 rings (SSSR count). The third kappa shape index (κ3) is 2.72. The van der Waals surface area contributed by atoms with E-state index >= 15 is 0 Å². The molecular formula is C16H16FNO4. The summed E-state index contributed by atoms with van der Waals surface area (Å²) >= 11 is 0. The van der Waals surface area contributed by atoms with Gasteiger partial charge in [0.15, 0.2) is 0 Å². The highest BCUT2D eigenvalue weighted by atomic mass is 19.1. The summed E-state index contributed by atoms with van der Waals surface area (Å²) in [5.41, 5.74) is 1.71. The van der Waals surface area contributed by atoms with Crippen LogP contribution in [0.5, 0.6) is 0 Å². The van der Waals surface area contributed by atoms with E-state index in [1.807, 2.05) is 0 Å². The molecule has 1 unspecified atom stereocenters. The second kappa shape index (κ2) is 6.01. The standard InChI is InChI=1S/C16H16FNO4/c1-8-12(15(19)20)14(10-4-6-11(17)7-5-10)13(9(2)18-8)16(21)22-3/h4-7,14,18H,1-3H3,(H,19,20). The van der Waals surface area contributed by atoms with Crippen LogP contribution in [-0.2, 0) is 14.3 Å². The van der Waals surface area contributed by atoms with E-state index in [-0.39, 0.29) is 11.1 Å². The molecule has 0 aliphatic carbocycles. The van der Waals surface area contributed by atoms with Crippen molar-refractivity contribution in [2.24, 2.45) is 0 Å². The van der Waals surface area contributed by atoms with Gasteiger partial charge in [-0.3, -0.25) is 0 Å². The number of nitrogens with one attached hydrogen (secondary N) is 1. The van der Waals surface area contributed by atoms with E-state index in [1.54, 1.807) is 13.8 Å². The van der Waals surface area contributed by atoms with Crippen LogP contribution in [0.2, 0.25) is 0 Å². The molecule has 22 heavy (non-hydrogen) atoms. The average molecular weight is 305 g/mol. The van der Waals surface area contributed by atoms with Gasteiger partial charge in [-0.2, -0.15) is 0 Å². The van der Waals surface area contributed by atoms with Gasteiger partial charge in [0.05, 0.1) is 24.2 Å². The molecule has 1 aliphatic heterocycles. The molecule has 0 spiro atoms. The Morgan fingerprint density at radius 1 is 1.14 bits per heavy atom. The number of hydrogen-bond donors (Lipinski definition) is 2. The summed E-state index contributed by atoms with van der Waals surface area (Å²) < 4.78 is 17.9. The van der Waals surface area contributed by atoms with Crippen LogP contribution in [-0.4, -0.2) is 24.2 Å². The number of carboxylic acids is 1. The van der Waals surface area contributed by atoms with Gasteiger partial charge in [0.1, 0.15) is 5.82 Å². The van der Waals surface area contributed by atoms with E-state index in [0.717, 1.165) is 0 Å². The maximum atomic E-state index is 13.1. The van der Waals surface area contributed by atoms with Gasteiger partial charge in [0, 0.05) is 11.4 Å². The van der Waals surface area contributed by atoms with E-state index < -0.39 is 23.7 Å². The molecule has 1 atom stereocenters. The normalized spacial score (nSPS) is 18.1. The molecule has 0 saturated heterocycles. The summed E-state index contributed by atoms with van der Waals surface area (Å²) in [4.78, 5) is 23.7. The molecule has 0 radical (unpaired) electrons. The van der Waals surface area contributed by atoms with E-state index in [9.17, 15) is 19.1 Å². The lowest BCUT2D eigenvalue weighted by atomic mass is 9.80. The average Bonchev–Trinajstić information content (AvgIpc) is 2.46. The molecule has 0 aromatic heterocycles. The number of allylic oxidation sites excluding steroid dienone is 2. The van der Waals surface area contributed by atoms with Gasteiger partial charge in [-0.05, 0) is 31.5 Å². The fourth-order valence-corrected chi connectivity index (χ4v) is 2.65. The van der Waals surface area contributed by atoms with Crippen molar-refractivity contribution in [2.45, 2.75) is 19.8 Å². The van der Waals surface area contributed by atoms with Crippen LogP contribution in [0.3, 0.4) is 0 Å². The maximum Gasteiger partial charge on any atom is 0.336 e. The van der Waals surface area contributed by atoms with Crippen molar-refractivity contribution in [3.63, 3.8) is 0 Å². The van der Waals surface area contributed by atoms with E-state index in [2.05, 4.69) is 5.32 Å². The van der Waals surface area contributed by atoms with Crippen LogP contribution in [0.25, 0.3) is 0 Å². The topological polar surface area (TPSA) is 75.6 Å². The minimum Gasteiger partial charge on any atom is -0.478 e. The molecule has 1 aromatic carbocycles. The molecule has 0 fully saturated rings. The summed E-state index contributed by atoms with van der Waals surface area (Å²) in [6.45, 7) is 3.29. The molecule has 1 heterocycles. The number of carbonyl (C=O) groups excluding carboxylic acids is 1. The van der Waals surface area contributed by atoms with Crippen LogP contribution in [0.4, 0.5) is 4.39 Å². The Hall–Kier alpha value is -2.63. The van der Waals surface area contributed by atoms with Gasteiger partial charge in [-0.15, -0.1) is 0 Å². The number of aliphatic carboxylic acids is 1. The Kier molecular flexibility index (Phi) is 4.30. The molecule has 5 nitrogen and oxygen atoms in total. The highest BCUT2D eigenvalue weighted by Crippen LogP contribution is 2.38. The molecule has 0 saturated carbocycles. The van der Waals surface area contributed by atoms with E-state index in [0.29, 0.717) is 17.0 Å². The zero-order chi connectivity index (χ0) is 16.4. The molecule has 0 amide bonds. The fraction of sp³-hybridized carbons (Fsp3) is 0.250. The number of benzene rings is 1. The van der Waals surface area contributed by atoms with Crippen molar-refractivity contribution in [3.05, 3.63) is 58.2 Å². The summed E-state index contributed by atoms with van der Waals surface area (Å²) in [5.74, 6) is -3.01. The van der Waals surface area contributed by atoms with Crippen LogP contribution >= 0.6 is 0 Å². The number of dihydropyridines is 1. The highest BCUT2D eigenvalue weighted by Gasteiger charge is 2.36. The van der Waals surface area contributed by atoms with Crippen molar-refractivity contribution < 1.29 is 23.8 Å². The van der Waals surface area contributed by atoms with Crippen molar-refractivity contribution in [1.82, 2.24) is 5.32 Å². The van der Waals surface area contributed by atoms with E-state index in [4.69, 9.17) is 4.74 Å². The number of methoxy groups -OCH3 is 1. The molecule has 1 aliphatic rings. The summed E-state index contributed by atoms with van der Waals surface area (Å²) in [5, 5.41) is 12.4. The van der Waals surface area contributed by atoms with Gasteiger partial charge >= 0.3 is 11.9 Å². The molecule has 6 heteroatoms. The third-order valence-electron chi connectivity index (χ3n) is 3.60. The van der Waals surface area contributed by atoms with Gasteiger partial charge in [-0.1, -0.05) is 12.1 Å². The first kappa shape index (κ1) is 15.8. The fourth-order valence-electron chi connectivity index (χ4n) is 2.65. The lowest BCUT2D eigenvalue weighted by Gasteiger charge is -2.29. The Balaban J connectivity index is 2.66. The summed E-state index contributed by atoms with van der Waals surface area (Å²) in [6, 6.07) is 5.41. The zero-order valence-corrected chi connectivity index (χ0v) is 12.4. The molecule has 2 N–H and O–H groups in total. The number of hydrogen-bond acceptors (Lipinski definition) is 4. The molecule has 1 aromatic rings. The number of ether oxygens (including phenoxy) is 1. The Labute approximate surface area is 127 Å². The first-order valence-corrected chi connectivity index (χ1v) is 6.62. The molecular weight excluding hydrogens is 289 g/mol. The van der Waals surface area contributed by atoms with Gasteiger partial charge < -0.3 is 15.2 Å². The van der Waals surface area contributed by atoms with E-state index in [1.165, 1.54) is 31.4 Å².